The number of hydrogen-bond acceptors (Lipinski definition) is 4. The Morgan fingerprint density at radius 1 is 1.48 bits per heavy atom. The molecule has 0 bridgehead atoms. The van der Waals surface area contributed by atoms with E-state index in [1.54, 1.807) is 0 Å². The monoisotopic (exact) mass is 313 g/mol. The van der Waals surface area contributed by atoms with Crippen LogP contribution in [0, 0.1) is 5.82 Å². The van der Waals surface area contributed by atoms with Crippen molar-refractivity contribution in [1.82, 2.24) is 9.97 Å². The van der Waals surface area contributed by atoms with Crippen LogP contribution in [0.2, 0.25) is 0 Å². The fourth-order valence-electron chi connectivity index (χ4n) is 1.62. The number of benzene rings is 1. The molecule has 7 nitrogen and oxygen atoms in total. The lowest BCUT2D eigenvalue weighted by Gasteiger charge is -2.07. The maximum atomic E-state index is 13.5. The predicted octanol–water partition coefficient (Wildman–Crippen LogP) is 1.61. The van der Waals surface area contributed by atoms with Gasteiger partial charge in [0.25, 0.3) is 10.0 Å². The second-order valence-electron chi connectivity index (χ2n) is 4.15. The standard InChI is InChI=1S/C12H12FN3O4S/c1-2-10-14-6-11(15-10)21(19,20)16-7-3-4-8(12(17)18)9(13)5-7/h3-6,16H,2H2,1H3,(H,14,15)(H,17,18). The van der Waals surface area contributed by atoms with Gasteiger partial charge >= 0.3 is 5.97 Å². The van der Waals surface area contributed by atoms with E-state index in [0.29, 0.717) is 12.2 Å². The van der Waals surface area contributed by atoms with Gasteiger partial charge in [-0.3, -0.25) is 4.72 Å². The van der Waals surface area contributed by atoms with Gasteiger partial charge in [0.1, 0.15) is 11.6 Å². The molecule has 0 saturated carbocycles. The molecule has 0 atom stereocenters. The molecule has 3 N–H and O–H groups in total. The summed E-state index contributed by atoms with van der Waals surface area (Å²) in [6.45, 7) is 1.81. The smallest absolute Gasteiger partial charge is 0.338 e. The summed E-state index contributed by atoms with van der Waals surface area (Å²) in [6.07, 6.45) is 1.70. The molecule has 0 radical (unpaired) electrons. The Kier molecular flexibility index (Phi) is 3.94. The molecule has 0 aliphatic rings. The molecule has 1 aromatic carbocycles. The van der Waals surface area contributed by atoms with E-state index >= 15 is 0 Å². The van der Waals surface area contributed by atoms with Crippen LogP contribution in [0.5, 0.6) is 0 Å². The number of carboxylic acids is 1. The van der Waals surface area contributed by atoms with Crippen molar-refractivity contribution in [3.63, 3.8) is 0 Å². The van der Waals surface area contributed by atoms with Crippen molar-refractivity contribution in [1.29, 1.82) is 0 Å². The predicted molar refractivity (Wildman–Crippen MR) is 72.1 cm³/mol. The Labute approximate surface area is 119 Å². The average Bonchev–Trinajstić information content (AvgIpc) is 2.87. The summed E-state index contributed by atoms with van der Waals surface area (Å²) >= 11 is 0. The Morgan fingerprint density at radius 2 is 2.19 bits per heavy atom. The van der Waals surface area contributed by atoms with Crippen LogP contribution in [0.4, 0.5) is 10.1 Å². The molecule has 0 spiro atoms. The number of aryl methyl sites for hydroxylation is 1. The summed E-state index contributed by atoms with van der Waals surface area (Å²) in [4.78, 5) is 17.2. The maximum Gasteiger partial charge on any atom is 0.338 e. The number of carbonyl (C=O) groups is 1. The highest BCUT2D eigenvalue weighted by atomic mass is 32.2. The second-order valence-corrected chi connectivity index (χ2v) is 5.80. The van der Waals surface area contributed by atoms with E-state index in [9.17, 15) is 17.6 Å². The number of halogens is 1. The van der Waals surface area contributed by atoms with Crippen molar-refractivity contribution < 1.29 is 22.7 Å². The maximum absolute atomic E-state index is 13.5. The SMILES string of the molecule is CCc1ncc(S(=O)(=O)Nc2ccc(C(=O)O)c(F)c2)[nH]1. The highest BCUT2D eigenvalue weighted by Gasteiger charge is 2.18. The number of nitrogens with one attached hydrogen (secondary N) is 2. The molecular weight excluding hydrogens is 301 g/mol. The quantitative estimate of drug-likeness (QED) is 0.776. The topological polar surface area (TPSA) is 112 Å². The van der Waals surface area contributed by atoms with Crippen molar-refractivity contribution in [2.45, 2.75) is 18.4 Å². The number of aromatic carboxylic acids is 1. The highest BCUT2D eigenvalue weighted by Crippen LogP contribution is 2.18. The summed E-state index contributed by atoms with van der Waals surface area (Å²) in [5.41, 5.74) is -0.613. The normalized spacial score (nSPS) is 11.3. The number of aromatic nitrogens is 2. The molecule has 2 rings (SSSR count). The lowest BCUT2D eigenvalue weighted by Crippen LogP contribution is -2.14. The van der Waals surface area contributed by atoms with Crippen molar-refractivity contribution in [2.24, 2.45) is 0 Å². The zero-order chi connectivity index (χ0) is 15.6. The van der Waals surface area contributed by atoms with E-state index in [1.807, 2.05) is 6.92 Å². The molecule has 1 heterocycles. The Bertz CT molecular complexity index is 786. The summed E-state index contributed by atoms with van der Waals surface area (Å²) in [5, 5.41) is 8.55. The number of rotatable bonds is 5. The molecule has 112 valence electrons. The van der Waals surface area contributed by atoms with Gasteiger partial charge in [-0.05, 0) is 18.2 Å². The number of aromatic amines is 1. The summed E-state index contributed by atoms with van der Waals surface area (Å²) in [6, 6.07) is 2.96. The molecule has 0 unspecified atom stereocenters. The van der Waals surface area contributed by atoms with E-state index in [2.05, 4.69) is 14.7 Å². The minimum atomic E-state index is -3.93. The molecule has 0 saturated heterocycles. The van der Waals surface area contributed by atoms with Gasteiger partial charge in [0, 0.05) is 6.42 Å². The van der Waals surface area contributed by atoms with E-state index in [1.165, 1.54) is 6.07 Å². The zero-order valence-electron chi connectivity index (χ0n) is 10.9. The van der Waals surface area contributed by atoms with Crippen molar-refractivity contribution in [3.05, 3.63) is 41.6 Å². The van der Waals surface area contributed by atoms with Crippen LogP contribution < -0.4 is 4.72 Å². The summed E-state index contributed by atoms with van der Waals surface area (Å²) < 4.78 is 39.7. The molecule has 2 aromatic rings. The van der Waals surface area contributed by atoms with Crippen LogP contribution in [0.3, 0.4) is 0 Å². The lowest BCUT2D eigenvalue weighted by molar-refractivity contribution is 0.0692. The molecule has 0 aliphatic carbocycles. The number of sulfonamides is 1. The van der Waals surface area contributed by atoms with Crippen LogP contribution in [-0.2, 0) is 16.4 Å². The Balaban J connectivity index is 2.28. The van der Waals surface area contributed by atoms with Crippen LogP contribution in [-0.4, -0.2) is 29.5 Å². The number of nitrogens with zero attached hydrogens (tertiary/aromatic N) is 1. The fourth-order valence-corrected chi connectivity index (χ4v) is 2.61. The van der Waals surface area contributed by atoms with Crippen LogP contribution >= 0.6 is 0 Å². The van der Waals surface area contributed by atoms with Gasteiger partial charge in [-0.25, -0.2) is 14.2 Å². The number of hydrogen-bond donors (Lipinski definition) is 3. The highest BCUT2D eigenvalue weighted by molar-refractivity contribution is 7.92. The first kappa shape index (κ1) is 15.0. The van der Waals surface area contributed by atoms with Gasteiger partial charge < -0.3 is 10.1 Å². The van der Waals surface area contributed by atoms with Crippen molar-refractivity contribution in [3.8, 4) is 0 Å². The Morgan fingerprint density at radius 3 is 2.71 bits per heavy atom. The molecule has 21 heavy (non-hydrogen) atoms. The van der Waals surface area contributed by atoms with Gasteiger partial charge in [-0.2, -0.15) is 8.42 Å². The largest absolute Gasteiger partial charge is 0.478 e. The Hall–Kier alpha value is -2.42. The van der Waals surface area contributed by atoms with E-state index in [-0.39, 0.29) is 10.7 Å². The first-order valence-corrected chi connectivity index (χ1v) is 7.41. The van der Waals surface area contributed by atoms with Gasteiger partial charge in [-0.15, -0.1) is 0 Å². The minimum absolute atomic E-state index is 0.0786. The molecule has 1 aromatic heterocycles. The third kappa shape index (κ3) is 3.19. The van der Waals surface area contributed by atoms with Gasteiger partial charge in [0.05, 0.1) is 17.4 Å². The lowest BCUT2D eigenvalue weighted by atomic mass is 10.2. The van der Waals surface area contributed by atoms with Crippen molar-refractivity contribution >= 4 is 21.7 Å². The summed E-state index contributed by atoms with van der Waals surface area (Å²) in [5.74, 6) is -1.95. The van der Waals surface area contributed by atoms with Crippen LogP contribution in [0.25, 0.3) is 0 Å². The molecular formula is C12H12FN3O4S. The number of carboxylic acid groups (broad SMARTS) is 1. The molecule has 9 heteroatoms. The third-order valence-corrected chi connectivity index (χ3v) is 3.97. The minimum Gasteiger partial charge on any atom is -0.478 e. The number of imidazole rings is 1. The second kappa shape index (κ2) is 5.52. The molecule has 0 fully saturated rings. The van der Waals surface area contributed by atoms with E-state index in [4.69, 9.17) is 5.11 Å². The van der Waals surface area contributed by atoms with Gasteiger partial charge in [0.15, 0.2) is 5.03 Å². The van der Waals surface area contributed by atoms with Gasteiger partial charge in [0.2, 0.25) is 0 Å². The average molecular weight is 313 g/mol. The van der Waals surface area contributed by atoms with Crippen molar-refractivity contribution in [2.75, 3.05) is 4.72 Å². The van der Waals surface area contributed by atoms with E-state index in [0.717, 1.165) is 18.3 Å². The fraction of sp³-hybridized carbons (Fsp3) is 0.167. The number of H-pyrrole nitrogens is 1. The summed E-state index contributed by atoms with van der Waals surface area (Å²) in [7, 11) is -3.93. The molecule has 0 aliphatic heterocycles. The molecule has 0 amide bonds. The number of anilines is 1. The van der Waals surface area contributed by atoms with E-state index < -0.39 is 27.4 Å². The first-order chi connectivity index (χ1) is 9.83. The van der Waals surface area contributed by atoms with Gasteiger partial charge in [-0.1, -0.05) is 6.92 Å². The van der Waals surface area contributed by atoms with Crippen LogP contribution in [0.1, 0.15) is 23.1 Å². The van der Waals surface area contributed by atoms with Crippen LogP contribution in [0.15, 0.2) is 29.4 Å². The first-order valence-electron chi connectivity index (χ1n) is 5.93. The third-order valence-electron chi connectivity index (χ3n) is 2.68. The zero-order valence-corrected chi connectivity index (χ0v) is 11.7.